The van der Waals surface area contributed by atoms with Crippen molar-refractivity contribution in [2.75, 3.05) is 13.2 Å². The molecule has 0 aromatic rings. The predicted molar refractivity (Wildman–Crippen MR) is 47.1 cm³/mol. The summed E-state index contributed by atoms with van der Waals surface area (Å²) in [4.78, 5) is 19.6. The Balaban J connectivity index is -0.000000107. The van der Waals surface area contributed by atoms with E-state index < -0.39 is 11.9 Å². The second-order valence-electron chi connectivity index (χ2n) is 1.16. The number of aliphatic hydroxyl groups is 1. The molecule has 0 bridgehead atoms. The van der Waals surface area contributed by atoms with E-state index in [1.165, 1.54) is 0 Å². The molecule has 0 aromatic carbocycles. The molecule has 5 nitrogen and oxygen atoms in total. The van der Waals surface area contributed by atoms with Crippen LogP contribution >= 0.6 is 0 Å². The van der Waals surface area contributed by atoms with Gasteiger partial charge in [-0.3, -0.25) is 0 Å². The van der Waals surface area contributed by atoms with Crippen LogP contribution in [0.3, 0.4) is 0 Å². The first kappa shape index (κ1) is 23.6. The zero-order chi connectivity index (χ0) is 7.28. The summed E-state index contributed by atoms with van der Waals surface area (Å²) in [6.45, 7) is -0.635. The van der Waals surface area contributed by atoms with Crippen LogP contribution in [0.5, 0.6) is 0 Å². The van der Waals surface area contributed by atoms with Gasteiger partial charge in [0.05, 0.1) is 6.61 Å². The monoisotopic (exact) mass is 206 g/mol. The Morgan fingerprint density at radius 3 is 1.83 bits per heavy atom. The molecule has 0 fully saturated rings. The van der Waals surface area contributed by atoms with E-state index in [1.54, 1.807) is 0 Å². The SMILES string of the molecule is O=C(O)C(=O)OCCO.[NaH].[NaH].[NaH]. The van der Waals surface area contributed by atoms with Gasteiger partial charge in [0, 0.05) is 0 Å². The molecule has 0 saturated carbocycles. The van der Waals surface area contributed by atoms with Crippen LogP contribution in [0.2, 0.25) is 0 Å². The van der Waals surface area contributed by atoms with Crippen LogP contribution < -0.4 is 0 Å². The van der Waals surface area contributed by atoms with Crippen molar-refractivity contribution in [2.45, 2.75) is 0 Å². The van der Waals surface area contributed by atoms with E-state index in [9.17, 15) is 9.59 Å². The first-order valence-electron chi connectivity index (χ1n) is 2.19. The number of hydrogen-bond donors (Lipinski definition) is 2. The summed E-state index contributed by atoms with van der Waals surface area (Å²) in [5.41, 5.74) is 0. The predicted octanol–water partition coefficient (Wildman–Crippen LogP) is -3.34. The van der Waals surface area contributed by atoms with Crippen molar-refractivity contribution in [2.24, 2.45) is 0 Å². The number of esters is 1. The summed E-state index contributed by atoms with van der Waals surface area (Å²) in [6, 6.07) is 0. The maximum atomic E-state index is 9.97. The fourth-order valence-corrected chi connectivity index (χ4v) is 0.200. The van der Waals surface area contributed by atoms with Gasteiger partial charge in [-0.1, -0.05) is 0 Å². The van der Waals surface area contributed by atoms with E-state index in [0.29, 0.717) is 0 Å². The molecule has 0 heterocycles. The third-order valence-corrected chi connectivity index (χ3v) is 0.499. The Morgan fingerprint density at radius 2 is 1.58 bits per heavy atom. The number of carbonyl (C=O) groups excluding carboxylic acids is 1. The van der Waals surface area contributed by atoms with Gasteiger partial charge in [0.2, 0.25) is 0 Å². The second kappa shape index (κ2) is 15.4. The molecule has 0 radical (unpaired) electrons. The number of ether oxygens (including phenoxy) is 1. The summed E-state index contributed by atoms with van der Waals surface area (Å²) in [5, 5.41) is 15.9. The van der Waals surface area contributed by atoms with Gasteiger partial charge in [-0.15, -0.1) is 0 Å². The van der Waals surface area contributed by atoms with Crippen LogP contribution in [-0.2, 0) is 14.3 Å². The van der Waals surface area contributed by atoms with Gasteiger partial charge < -0.3 is 14.9 Å². The molecular formula is C4H9Na3O5. The summed E-state index contributed by atoms with van der Waals surface area (Å²) in [7, 11) is 0. The standard InChI is InChI=1S/C4H6O5.3Na.3H/c5-1-2-9-4(8)3(6)7;;;;;;/h5H,1-2H2,(H,6,7);;;;;;. The molecule has 0 unspecified atom stereocenters. The molecule has 2 N–H and O–H groups in total. The van der Waals surface area contributed by atoms with Gasteiger partial charge >= 0.3 is 101 Å². The van der Waals surface area contributed by atoms with E-state index >= 15 is 0 Å². The number of aliphatic carboxylic acids is 1. The molecule has 0 spiro atoms. The van der Waals surface area contributed by atoms with Crippen molar-refractivity contribution in [3.8, 4) is 0 Å². The first-order valence-corrected chi connectivity index (χ1v) is 2.19. The van der Waals surface area contributed by atoms with Crippen LogP contribution in [0.25, 0.3) is 0 Å². The molecular weight excluding hydrogens is 197 g/mol. The summed E-state index contributed by atoms with van der Waals surface area (Å²) in [5.74, 6) is -2.99. The summed E-state index contributed by atoms with van der Waals surface area (Å²) < 4.78 is 3.96. The minimum absolute atomic E-state index is 0. The van der Waals surface area contributed by atoms with Gasteiger partial charge in [-0.25, -0.2) is 9.59 Å². The number of carboxylic acid groups (broad SMARTS) is 1. The summed E-state index contributed by atoms with van der Waals surface area (Å²) in [6.07, 6.45) is 0. The average molecular weight is 206 g/mol. The van der Waals surface area contributed by atoms with Crippen molar-refractivity contribution in [1.29, 1.82) is 0 Å². The van der Waals surface area contributed by atoms with E-state index in [2.05, 4.69) is 4.74 Å². The number of aliphatic hydroxyl groups excluding tert-OH is 1. The van der Waals surface area contributed by atoms with Crippen molar-refractivity contribution >= 4 is 101 Å². The molecule has 12 heavy (non-hydrogen) atoms. The van der Waals surface area contributed by atoms with Crippen molar-refractivity contribution in [3.63, 3.8) is 0 Å². The van der Waals surface area contributed by atoms with Crippen LogP contribution in [0.4, 0.5) is 0 Å². The van der Waals surface area contributed by atoms with Crippen molar-refractivity contribution < 1.29 is 24.5 Å². The van der Waals surface area contributed by atoms with E-state index in [-0.39, 0.29) is 102 Å². The molecule has 8 heteroatoms. The van der Waals surface area contributed by atoms with E-state index in [0.717, 1.165) is 0 Å². The number of carboxylic acids is 1. The molecule has 0 atom stereocenters. The van der Waals surface area contributed by atoms with Crippen LogP contribution in [0.15, 0.2) is 0 Å². The number of rotatable bonds is 2. The topological polar surface area (TPSA) is 83.8 Å². The zero-order valence-corrected chi connectivity index (χ0v) is 4.53. The molecule has 0 aliphatic carbocycles. The van der Waals surface area contributed by atoms with Crippen molar-refractivity contribution in [3.05, 3.63) is 0 Å². The molecule has 0 amide bonds. The second-order valence-corrected chi connectivity index (χ2v) is 1.16. The third-order valence-electron chi connectivity index (χ3n) is 0.499. The molecule has 58 valence electrons. The Labute approximate surface area is 136 Å². The fourth-order valence-electron chi connectivity index (χ4n) is 0.200. The molecule has 0 aromatic heterocycles. The van der Waals surface area contributed by atoms with E-state index in [4.69, 9.17) is 10.2 Å². The van der Waals surface area contributed by atoms with Gasteiger partial charge in [0.1, 0.15) is 6.61 Å². The Bertz CT molecular complexity index is 128. The average Bonchev–Trinajstić information content (AvgIpc) is 1.82. The van der Waals surface area contributed by atoms with Gasteiger partial charge in [-0.2, -0.15) is 0 Å². The Morgan fingerprint density at radius 1 is 1.17 bits per heavy atom. The fraction of sp³-hybridized carbons (Fsp3) is 0.500. The van der Waals surface area contributed by atoms with Crippen LogP contribution in [0.1, 0.15) is 0 Å². The zero-order valence-electron chi connectivity index (χ0n) is 4.53. The van der Waals surface area contributed by atoms with Gasteiger partial charge in [0.15, 0.2) is 0 Å². The Hall–Kier alpha value is 1.90. The van der Waals surface area contributed by atoms with Gasteiger partial charge in [0.25, 0.3) is 0 Å². The summed E-state index contributed by atoms with van der Waals surface area (Å²) >= 11 is 0. The molecule has 0 rings (SSSR count). The van der Waals surface area contributed by atoms with E-state index in [1.807, 2.05) is 0 Å². The van der Waals surface area contributed by atoms with Crippen molar-refractivity contribution in [1.82, 2.24) is 0 Å². The number of carbonyl (C=O) groups is 2. The third kappa shape index (κ3) is 14.4. The molecule has 0 aliphatic rings. The normalized spacial score (nSPS) is 6.42. The molecule has 0 aliphatic heterocycles. The maximum absolute atomic E-state index is 9.97. The van der Waals surface area contributed by atoms with Gasteiger partial charge in [-0.05, 0) is 0 Å². The quantitative estimate of drug-likeness (QED) is 0.280. The first-order chi connectivity index (χ1) is 4.18. The van der Waals surface area contributed by atoms with Crippen LogP contribution in [0, 0.1) is 0 Å². The molecule has 0 saturated heterocycles. The minimum atomic E-state index is -1.65. The number of hydrogen-bond acceptors (Lipinski definition) is 4. The Kier molecular flexibility index (Phi) is 30.2. The van der Waals surface area contributed by atoms with Crippen LogP contribution in [-0.4, -0.2) is 124 Å².